The minimum atomic E-state index is -3.65. The average Bonchev–Trinajstić information content (AvgIpc) is 2.88. The quantitative estimate of drug-likeness (QED) is 0.296. The second-order valence-electron chi connectivity index (χ2n) is 11.1. The van der Waals surface area contributed by atoms with E-state index in [0.717, 1.165) is 55.6 Å². The van der Waals surface area contributed by atoms with Crippen molar-refractivity contribution in [3.8, 4) is 0 Å². The van der Waals surface area contributed by atoms with E-state index in [1.165, 1.54) is 43.4 Å². The summed E-state index contributed by atoms with van der Waals surface area (Å²) in [6.45, 7) is 5.94. The molecule has 0 N–H and O–H groups in total. The van der Waals surface area contributed by atoms with Crippen LogP contribution in [0.2, 0.25) is 0 Å². The fraction of sp³-hybridized carbons (Fsp3) is 0.562. The van der Waals surface area contributed by atoms with Crippen LogP contribution < -0.4 is 0 Å². The zero-order valence-electron chi connectivity index (χ0n) is 21.7. The highest BCUT2D eigenvalue weighted by atomic mass is 19.3. The van der Waals surface area contributed by atoms with Gasteiger partial charge in [0.25, 0.3) is 0 Å². The van der Waals surface area contributed by atoms with Crippen LogP contribution in [0.5, 0.6) is 0 Å². The van der Waals surface area contributed by atoms with E-state index in [4.69, 9.17) is 4.74 Å². The molecular formula is C32H41F3O. The summed E-state index contributed by atoms with van der Waals surface area (Å²) in [5.74, 6) is 1.47. The normalized spacial score (nSPS) is 25.0. The molecule has 4 rings (SSSR count). The van der Waals surface area contributed by atoms with Crippen molar-refractivity contribution in [3.63, 3.8) is 0 Å². The molecule has 2 aromatic carbocycles. The van der Waals surface area contributed by atoms with E-state index in [2.05, 4.69) is 25.6 Å². The maximum absolute atomic E-state index is 14.8. The third kappa shape index (κ3) is 7.03. The predicted molar refractivity (Wildman–Crippen MR) is 141 cm³/mol. The lowest BCUT2D eigenvalue weighted by atomic mass is 9.77. The van der Waals surface area contributed by atoms with Crippen molar-refractivity contribution < 1.29 is 17.9 Å². The summed E-state index contributed by atoms with van der Waals surface area (Å²) in [7, 11) is 0. The molecule has 1 nitrogen and oxygen atoms in total. The van der Waals surface area contributed by atoms with Gasteiger partial charge in [-0.1, -0.05) is 56.2 Å². The lowest BCUT2D eigenvalue weighted by Crippen LogP contribution is -2.22. The summed E-state index contributed by atoms with van der Waals surface area (Å²) in [5.41, 5.74) is 2.44. The van der Waals surface area contributed by atoms with Gasteiger partial charge in [-0.2, -0.15) is 8.78 Å². The van der Waals surface area contributed by atoms with Crippen molar-refractivity contribution in [2.24, 2.45) is 11.8 Å². The first-order valence-electron chi connectivity index (χ1n) is 13.9. The highest BCUT2D eigenvalue weighted by Crippen LogP contribution is 2.40. The van der Waals surface area contributed by atoms with Gasteiger partial charge in [0.2, 0.25) is 0 Å². The lowest BCUT2D eigenvalue weighted by molar-refractivity contribution is -0.249. The molecule has 0 amide bonds. The first-order chi connectivity index (χ1) is 17.4. The smallest absolute Gasteiger partial charge is 0.316 e. The molecule has 0 aliphatic heterocycles. The van der Waals surface area contributed by atoms with Gasteiger partial charge in [0.05, 0.1) is 12.2 Å². The molecule has 36 heavy (non-hydrogen) atoms. The molecule has 196 valence electrons. The number of alkyl halides is 2. The summed E-state index contributed by atoms with van der Waals surface area (Å²) in [5, 5.41) is 0. The number of rotatable bonds is 10. The molecular weight excluding hydrogens is 457 g/mol. The van der Waals surface area contributed by atoms with Crippen molar-refractivity contribution in [2.75, 3.05) is 6.61 Å². The third-order valence-electron chi connectivity index (χ3n) is 8.54. The lowest BCUT2D eigenvalue weighted by Gasteiger charge is -2.29. The Bertz CT molecular complexity index is 967. The van der Waals surface area contributed by atoms with Crippen LogP contribution in [0.15, 0.2) is 55.1 Å². The molecule has 0 heterocycles. The van der Waals surface area contributed by atoms with Crippen molar-refractivity contribution >= 4 is 0 Å². The number of hydrogen-bond donors (Lipinski definition) is 0. The van der Waals surface area contributed by atoms with Crippen LogP contribution in [0, 0.1) is 17.7 Å². The second kappa shape index (κ2) is 12.4. The summed E-state index contributed by atoms with van der Waals surface area (Å²) >= 11 is 0. The topological polar surface area (TPSA) is 9.23 Å². The predicted octanol–water partition coefficient (Wildman–Crippen LogP) is 9.67. The monoisotopic (exact) mass is 498 g/mol. The number of halogens is 3. The highest BCUT2D eigenvalue weighted by Gasteiger charge is 2.36. The Labute approximate surface area is 215 Å². The molecule has 0 saturated heterocycles. The standard InChI is InChI=1S/C32H41F3O/c1-3-4-5-24-8-16-28(17-9-24)29-18-19-30(31(33)22-29)32(34,35)36-21-20-25-10-14-27(15-11-25)26-12-6-23(2)7-13-26/h3,10-11,14-15,18-19,22-24,26,28H,1,4-9,12-13,16-17,20-21H2,2H3. The Morgan fingerprint density at radius 2 is 1.50 bits per heavy atom. The highest BCUT2D eigenvalue weighted by molar-refractivity contribution is 5.29. The van der Waals surface area contributed by atoms with Crippen LogP contribution in [-0.4, -0.2) is 6.61 Å². The zero-order valence-corrected chi connectivity index (χ0v) is 21.7. The van der Waals surface area contributed by atoms with Crippen LogP contribution in [0.1, 0.15) is 105 Å². The van der Waals surface area contributed by atoms with Gasteiger partial charge >= 0.3 is 6.11 Å². The molecule has 2 aromatic rings. The summed E-state index contributed by atoms with van der Waals surface area (Å²) in [6.07, 6.45) is 9.98. The fourth-order valence-electron chi connectivity index (χ4n) is 6.08. The van der Waals surface area contributed by atoms with Crippen molar-refractivity contribution in [1.29, 1.82) is 0 Å². The first-order valence-corrected chi connectivity index (χ1v) is 13.9. The van der Waals surface area contributed by atoms with Gasteiger partial charge in [-0.3, -0.25) is 0 Å². The molecule has 2 saturated carbocycles. The van der Waals surface area contributed by atoms with E-state index in [0.29, 0.717) is 18.3 Å². The SMILES string of the molecule is C=CCCC1CCC(c2ccc(C(F)(F)OCCc3ccc(C4CCC(C)CC4)cc3)c(F)c2)CC1. The van der Waals surface area contributed by atoms with Gasteiger partial charge in [-0.15, -0.1) is 6.58 Å². The van der Waals surface area contributed by atoms with Crippen LogP contribution in [0.4, 0.5) is 13.2 Å². The molecule has 0 unspecified atom stereocenters. The van der Waals surface area contributed by atoms with E-state index < -0.39 is 17.5 Å². The Morgan fingerprint density at radius 1 is 0.889 bits per heavy atom. The largest absolute Gasteiger partial charge is 0.386 e. The van der Waals surface area contributed by atoms with Crippen molar-refractivity contribution in [3.05, 3.63) is 83.2 Å². The van der Waals surface area contributed by atoms with Gasteiger partial charge in [-0.05, 0) is 110 Å². The van der Waals surface area contributed by atoms with E-state index in [1.807, 2.05) is 18.2 Å². The van der Waals surface area contributed by atoms with Gasteiger partial charge in [0.15, 0.2) is 0 Å². The number of allylic oxidation sites excluding steroid dienone is 1. The Balaban J connectivity index is 1.28. The Hall–Kier alpha value is -2.07. The number of ether oxygens (including phenoxy) is 1. The molecule has 4 heteroatoms. The number of hydrogen-bond acceptors (Lipinski definition) is 1. The Kier molecular flexibility index (Phi) is 9.33. The van der Waals surface area contributed by atoms with Crippen LogP contribution in [0.3, 0.4) is 0 Å². The second-order valence-corrected chi connectivity index (χ2v) is 11.1. The van der Waals surface area contributed by atoms with Gasteiger partial charge in [0, 0.05) is 0 Å². The van der Waals surface area contributed by atoms with E-state index in [9.17, 15) is 13.2 Å². The molecule has 0 aromatic heterocycles. The summed E-state index contributed by atoms with van der Waals surface area (Å²) < 4.78 is 49.1. The molecule has 2 aliphatic carbocycles. The third-order valence-corrected chi connectivity index (χ3v) is 8.54. The van der Waals surface area contributed by atoms with E-state index >= 15 is 0 Å². The maximum atomic E-state index is 14.8. The Morgan fingerprint density at radius 3 is 2.14 bits per heavy atom. The average molecular weight is 499 g/mol. The summed E-state index contributed by atoms with van der Waals surface area (Å²) in [6, 6.07) is 12.4. The molecule has 0 bridgehead atoms. The maximum Gasteiger partial charge on any atom is 0.386 e. The minimum absolute atomic E-state index is 0.163. The molecule has 2 fully saturated rings. The fourth-order valence-corrected chi connectivity index (χ4v) is 6.08. The van der Waals surface area contributed by atoms with Gasteiger partial charge in [0.1, 0.15) is 5.82 Å². The first kappa shape index (κ1) is 27.0. The molecule has 0 atom stereocenters. The zero-order chi connectivity index (χ0) is 25.5. The van der Waals surface area contributed by atoms with Crippen LogP contribution >= 0.6 is 0 Å². The van der Waals surface area contributed by atoms with Crippen LogP contribution in [-0.2, 0) is 17.3 Å². The molecule has 2 aliphatic rings. The van der Waals surface area contributed by atoms with E-state index in [1.54, 1.807) is 6.07 Å². The van der Waals surface area contributed by atoms with E-state index in [-0.39, 0.29) is 12.5 Å². The molecule has 0 spiro atoms. The van der Waals surface area contributed by atoms with Crippen LogP contribution in [0.25, 0.3) is 0 Å². The number of benzene rings is 2. The van der Waals surface area contributed by atoms with Gasteiger partial charge in [-0.25, -0.2) is 4.39 Å². The summed E-state index contributed by atoms with van der Waals surface area (Å²) in [4.78, 5) is 0. The van der Waals surface area contributed by atoms with Crippen molar-refractivity contribution in [2.45, 2.75) is 95.5 Å². The van der Waals surface area contributed by atoms with Crippen molar-refractivity contribution in [1.82, 2.24) is 0 Å². The molecule has 0 radical (unpaired) electrons. The van der Waals surface area contributed by atoms with Gasteiger partial charge < -0.3 is 4.74 Å². The minimum Gasteiger partial charge on any atom is -0.316 e.